The zero-order valence-electron chi connectivity index (χ0n) is 10.7. The average Bonchev–Trinajstić information content (AvgIpc) is 2.91. The van der Waals surface area contributed by atoms with Crippen molar-refractivity contribution in [3.8, 4) is 0 Å². The third-order valence-electron chi connectivity index (χ3n) is 3.16. The van der Waals surface area contributed by atoms with Crippen molar-refractivity contribution in [2.24, 2.45) is 0 Å². The molecule has 0 bridgehead atoms. The topological polar surface area (TPSA) is 61.6 Å². The number of rotatable bonds is 5. The summed E-state index contributed by atoms with van der Waals surface area (Å²) in [5.74, 6) is -1.01. The first-order valence-corrected chi connectivity index (χ1v) is 6.50. The lowest BCUT2D eigenvalue weighted by atomic mass is 10.1. The average molecular weight is 267 g/mol. The molecule has 2 N–H and O–H groups in total. The molecule has 1 aliphatic heterocycles. The second-order valence-corrected chi connectivity index (χ2v) is 4.65. The van der Waals surface area contributed by atoms with Crippen LogP contribution in [0.4, 0.5) is 10.1 Å². The van der Waals surface area contributed by atoms with Gasteiger partial charge in [-0.2, -0.15) is 0 Å². The van der Waals surface area contributed by atoms with Gasteiger partial charge in [0.1, 0.15) is 5.82 Å². The Labute approximate surface area is 111 Å². The molecule has 1 aliphatic rings. The molecule has 0 saturated carbocycles. The van der Waals surface area contributed by atoms with E-state index < -0.39 is 11.8 Å². The summed E-state index contributed by atoms with van der Waals surface area (Å²) in [4.78, 5) is 11.7. The van der Waals surface area contributed by atoms with Crippen molar-refractivity contribution in [1.29, 1.82) is 0 Å². The Kier molecular flexibility index (Phi) is 4.74. The standard InChI is InChI=1S/C14H18FNO3/c15-12-6-5-10(9-13(12)16)14(17)19-8-2-4-11-3-1-7-18-11/h5-6,9,11H,1-4,7-8,16H2. The van der Waals surface area contributed by atoms with Gasteiger partial charge in [0.15, 0.2) is 0 Å². The number of nitrogens with two attached hydrogens (primary N) is 1. The van der Waals surface area contributed by atoms with Crippen LogP contribution in [0.2, 0.25) is 0 Å². The minimum absolute atomic E-state index is 0.0474. The van der Waals surface area contributed by atoms with E-state index in [9.17, 15) is 9.18 Å². The molecule has 19 heavy (non-hydrogen) atoms. The number of halogens is 1. The van der Waals surface area contributed by atoms with Crippen molar-refractivity contribution in [2.75, 3.05) is 18.9 Å². The van der Waals surface area contributed by atoms with Crippen molar-refractivity contribution >= 4 is 11.7 Å². The van der Waals surface area contributed by atoms with E-state index in [1.165, 1.54) is 12.1 Å². The maximum absolute atomic E-state index is 13.0. The summed E-state index contributed by atoms with van der Waals surface area (Å²) >= 11 is 0. The summed E-state index contributed by atoms with van der Waals surface area (Å²) in [7, 11) is 0. The molecule has 2 rings (SSSR count). The summed E-state index contributed by atoms with van der Waals surface area (Å²) in [6.07, 6.45) is 4.17. The van der Waals surface area contributed by atoms with Gasteiger partial charge in [0, 0.05) is 6.61 Å². The Morgan fingerprint density at radius 1 is 1.53 bits per heavy atom. The fourth-order valence-electron chi connectivity index (χ4n) is 2.10. The second kappa shape index (κ2) is 6.52. The predicted molar refractivity (Wildman–Crippen MR) is 69.3 cm³/mol. The molecule has 1 aromatic carbocycles. The van der Waals surface area contributed by atoms with E-state index in [0.717, 1.165) is 38.4 Å². The number of hydrogen-bond donors (Lipinski definition) is 1. The highest BCUT2D eigenvalue weighted by Crippen LogP contribution is 2.17. The van der Waals surface area contributed by atoms with Crippen LogP contribution >= 0.6 is 0 Å². The molecule has 1 saturated heterocycles. The van der Waals surface area contributed by atoms with Gasteiger partial charge in [0.2, 0.25) is 0 Å². The van der Waals surface area contributed by atoms with Gasteiger partial charge in [0.25, 0.3) is 0 Å². The van der Waals surface area contributed by atoms with E-state index in [4.69, 9.17) is 15.2 Å². The fourth-order valence-corrected chi connectivity index (χ4v) is 2.10. The van der Waals surface area contributed by atoms with Gasteiger partial charge in [-0.15, -0.1) is 0 Å². The van der Waals surface area contributed by atoms with Crippen LogP contribution in [0.25, 0.3) is 0 Å². The Morgan fingerprint density at radius 3 is 3.05 bits per heavy atom. The zero-order chi connectivity index (χ0) is 13.7. The van der Waals surface area contributed by atoms with Crippen molar-refractivity contribution in [1.82, 2.24) is 0 Å². The number of esters is 1. The Bertz CT molecular complexity index is 444. The number of benzene rings is 1. The lowest BCUT2D eigenvalue weighted by Crippen LogP contribution is -2.10. The van der Waals surface area contributed by atoms with E-state index in [0.29, 0.717) is 12.7 Å². The highest BCUT2D eigenvalue weighted by atomic mass is 19.1. The molecular weight excluding hydrogens is 249 g/mol. The highest BCUT2D eigenvalue weighted by molar-refractivity contribution is 5.90. The van der Waals surface area contributed by atoms with Crippen LogP contribution in [-0.4, -0.2) is 25.3 Å². The molecule has 0 spiro atoms. The third-order valence-corrected chi connectivity index (χ3v) is 3.16. The summed E-state index contributed by atoms with van der Waals surface area (Å²) in [6, 6.07) is 3.82. The monoisotopic (exact) mass is 267 g/mol. The molecule has 0 radical (unpaired) electrons. The summed E-state index contributed by atoms with van der Waals surface area (Å²) in [5, 5.41) is 0. The first-order valence-electron chi connectivity index (χ1n) is 6.50. The van der Waals surface area contributed by atoms with Crippen LogP contribution in [0.5, 0.6) is 0 Å². The maximum atomic E-state index is 13.0. The van der Waals surface area contributed by atoms with Crippen molar-refractivity contribution in [2.45, 2.75) is 31.8 Å². The number of carbonyl (C=O) groups is 1. The maximum Gasteiger partial charge on any atom is 0.338 e. The number of ether oxygens (including phenoxy) is 2. The van der Waals surface area contributed by atoms with Crippen molar-refractivity contribution in [3.05, 3.63) is 29.6 Å². The lowest BCUT2D eigenvalue weighted by Gasteiger charge is -2.09. The van der Waals surface area contributed by atoms with Gasteiger partial charge in [-0.25, -0.2) is 9.18 Å². The van der Waals surface area contributed by atoms with Crippen LogP contribution in [0.15, 0.2) is 18.2 Å². The summed E-state index contributed by atoms with van der Waals surface area (Å²) in [5.41, 5.74) is 5.62. The van der Waals surface area contributed by atoms with Gasteiger partial charge >= 0.3 is 5.97 Å². The van der Waals surface area contributed by atoms with Gasteiger partial charge < -0.3 is 15.2 Å². The SMILES string of the molecule is Nc1cc(C(=O)OCCCC2CCCO2)ccc1F. The molecule has 0 amide bonds. The molecule has 1 fully saturated rings. The predicted octanol–water partition coefficient (Wildman–Crippen LogP) is 2.52. The molecule has 1 heterocycles. The number of nitrogen functional groups attached to an aromatic ring is 1. The molecule has 0 aliphatic carbocycles. The van der Waals surface area contributed by atoms with Crippen LogP contribution in [0.1, 0.15) is 36.0 Å². The number of anilines is 1. The minimum Gasteiger partial charge on any atom is -0.462 e. The van der Waals surface area contributed by atoms with E-state index in [1.54, 1.807) is 0 Å². The molecular formula is C14H18FNO3. The highest BCUT2D eigenvalue weighted by Gasteiger charge is 2.15. The van der Waals surface area contributed by atoms with Crippen LogP contribution in [-0.2, 0) is 9.47 Å². The third kappa shape index (κ3) is 3.92. The van der Waals surface area contributed by atoms with Gasteiger partial charge in [-0.3, -0.25) is 0 Å². The van der Waals surface area contributed by atoms with E-state index in [-0.39, 0.29) is 11.3 Å². The molecule has 4 nitrogen and oxygen atoms in total. The van der Waals surface area contributed by atoms with Gasteiger partial charge in [0.05, 0.1) is 24.0 Å². The minimum atomic E-state index is -0.532. The van der Waals surface area contributed by atoms with E-state index in [1.807, 2.05) is 0 Å². The molecule has 1 atom stereocenters. The van der Waals surface area contributed by atoms with Crippen LogP contribution < -0.4 is 5.73 Å². The largest absolute Gasteiger partial charge is 0.462 e. The smallest absolute Gasteiger partial charge is 0.338 e. The molecule has 1 unspecified atom stereocenters. The Hall–Kier alpha value is -1.62. The Balaban J connectivity index is 1.72. The number of carbonyl (C=O) groups excluding carboxylic acids is 1. The summed E-state index contributed by atoms with van der Waals surface area (Å²) < 4.78 is 23.5. The zero-order valence-corrected chi connectivity index (χ0v) is 10.7. The van der Waals surface area contributed by atoms with Crippen molar-refractivity contribution < 1.29 is 18.7 Å². The lowest BCUT2D eigenvalue weighted by molar-refractivity contribution is 0.0461. The molecule has 1 aromatic rings. The molecule has 104 valence electrons. The normalized spacial score (nSPS) is 18.5. The van der Waals surface area contributed by atoms with E-state index >= 15 is 0 Å². The second-order valence-electron chi connectivity index (χ2n) is 4.65. The van der Waals surface area contributed by atoms with Crippen molar-refractivity contribution in [3.63, 3.8) is 0 Å². The van der Waals surface area contributed by atoms with Gasteiger partial charge in [-0.1, -0.05) is 0 Å². The van der Waals surface area contributed by atoms with Crippen LogP contribution in [0.3, 0.4) is 0 Å². The quantitative estimate of drug-likeness (QED) is 0.506. The van der Waals surface area contributed by atoms with E-state index in [2.05, 4.69) is 0 Å². The van der Waals surface area contributed by atoms with Crippen LogP contribution in [0, 0.1) is 5.82 Å². The molecule has 0 aromatic heterocycles. The Morgan fingerprint density at radius 2 is 2.37 bits per heavy atom. The number of hydrogen-bond acceptors (Lipinski definition) is 4. The summed E-state index contributed by atoms with van der Waals surface area (Å²) in [6.45, 7) is 1.18. The molecule has 5 heteroatoms. The first-order chi connectivity index (χ1) is 9.16. The fraction of sp³-hybridized carbons (Fsp3) is 0.500. The first kappa shape index (κ1) is 13.8. The van der Waals surface area contributed by atoms with Gasteiger partial charge in [-0.05, 0) is 43.9 Å².